The Bertz CT molecular complexity index is 587. The minimum absolute atomic E-state index is 0.0319. The van der Waals surface area contributed by atoms with Gasteiger partial charge in [-0.3, -0.25) is 0 Å². The van der Waals surface area contributed by atoms with E-state index in [1.807, 2.05) is 0 Å². The first-order valence-electron chi connectivity index (χ1n) is 6.20. The van der Waals surface area contributed by atoms with Crippen molar-refractivity contribution in [2.75, 3.05) is 20.2 Å². The second kappa shape index (κ2) is 6.49. The summed E-state index contributed by atoms with van der Waals surface area (Å²) in [4.78, 5) is -0.0319. The van der Waals surface area contributed by atoms with Gasteiger partial charge in [-0.25, -0.2) is 13.1 Å². The Kier molecular flexibility index (Phi) is 5.14. The van der Waals surface area contributed by atoms with Crippen molar-refractivity contribution in [1.82, 2.24) is 10.0 Å². The van der Waals surface area contributed by atoms with E-state index in [9.17, 15) is 8.42 Å². The topological polar surface area (TPSA) is 67.4 Å². The lowest BCUT2D eigenvalue weighted by atomic mass is 10.1. The number of nitrogens with one attached hydrogen (secondary N) is 2. The molecule has 8 heteroatoms. The summed E-state index contributed by atoms with van der Waals surface area (Å²) in [5, 5.41) is 3.44. The van der Waals surface area contributed by atoms with Gasteiger partial charge in [0.1, 0.15) is 10.6 Å². The van der Waals surface area contributed by atoms with E-state index in [0.717, 1.165) is 19.4 Å². The Morgan fingerprint density at radius 2 is 2.10 bits per heavy atom. The van der Waals surface area contributed by atoms with Crippen LogP contribution in [-0.4, -0.2) is 34.7 Å². The average Bonchev–Trinajstić information content (AvgIpc) is 2.41. The van der Waals surface area contributed by atoms with Crippen LogP contribution in [0.3, 0.4) is 0 Å². The normalized spacial score (nSPS) is 19.9. The van der Waals surface area contributed by atoms with Gasteiger partial charge in [0, 0.05) is 18.7 Å². The van der Waals surface area contributed by atoms with Crippen LogP contribution in [0.25, 0.3) is 0 Å². The number of halogens is 2. The van der Waals surface area contributed by atoms with Gasteiger partial charge in [-0.15, -0.1) is 0 Å². The molecule has 1 heterocycles. The third-order valence-corrected chi connectivity index (χ3v) is 5.40. The molecule has 1 fully saturated rings. The van der Waals surface area contributed by atoms with Gasteiger partial charge in [-0.1, -0.05) is 23.2 Å². The molecule has 0 spiro atoms. The summed E-state index contributed by atoms with van der Waals surface area (Å²) in [7, 11) is -2.26. The fraction of sp³-hybridized carbons (Fsp3) is 0.500. The lowest BCUT2D eigenvalue weighted by molar-refractivity contribution is 0.414. The first kappa shape index (κ1) is 15.9. The molecule has 1 saturated heterocycles. The maximum atomic E-state index is 12.4. The number of hydrogen-bond acceptors (Lipinski definition) is 4. The van der Waals surface area contributed by atoms with E-state index < -0.39 is 10.0 Å². The summed E-state index contributed by atoms with van der Waals surface area (Å²) in [6.45, 7) is 1.52. The average molecular weight is 339 g/mol. The van der Waals surface area contributed by atoms with Crippen LogP contribution in [0, 0.1) is 0 Å². The van der Waals surface area contributed by atoms with Crippen LogP contribution in [-0.2, 0) is 10.0 Å². The van der Waals surface area contributed by atoms with Crippen LogP contribution in [0.1, 0.15) is 12.8 Å². The van der Waals surface area contributed by atoms with Crippen molar-refractivity contribution in [2.24, 2.45) is 0 Å². The van der Waals surface area contributed by atoms with Crippen molar-refractivity contribution in [3.63, 3.8) is 0 Å². The highest BCUT2D eigenvalue weighted by Crippen LogP contribution is 2.33. The van der Waals surface area contributed by atoms with E-state index in [1.165, 1.54) is 19.2 Å². The van der Waals surface area contributed by atoms with Crippen LogP contribution in [0.2, 0.25) is 10.0 Å². The summed E-state index contributed by atoms with van der Waals surface area (Å²) in [6, 6.07) is 2.57. The zero-order valence-electron chi connectivity index (χ0n) is 10.9. The van der Waals surface area contributed by atoms with Gasteiger partial charge in [-0.2, -0.15) is 0 Å². The number of rotatable bonds is 4. The highest BCUT2D eigenvalue weighted by Gasteiger charge is 2.25. The van der Waals surface area contributed by atoms with E-state index in [4.69, 9.17) is 27.9 Å². The summed E-state index contributed by atoms with van der Waals surface area (Å²) >= 11 is 12.0. The summed E-state index contributed by atoms with van der Waals surface area (Å²) in [5.74, 6) is 0.343. The molecular weight excluding hydrogens is 323 g/mol. The number of benzene rings is 1. The van der Waals surface area contributed by atoms with E-state index in [-0.39, 0.29) is 21.0 Å². The number of ether oxygens (including phenoxy) is 1. The van der Waals surface area contributed by atoms with Gasteiger partial charge in [0.25, 0.3) is 0 Å². The van der Waals surface area contributed by atoms with Crippen LogP contribution in [0.5, 0.6) is 5.75 Å². The molecule has 1 aliphatic rings. The molecule has 5 nitrogen and oxygen atoms in total. The molecule has 2 rings (SSSR count). The lowest BCUT2D eigenvalue weighted by Gasteiger charge is -2.24. The minimum Gasteiger partial charge on any atom is -0.495 e. The van der Waals surface area contributed by atoms with Crippen molar-refractivity contribution in [3.05, 3.63) is 22.2 Å². The number of sulfonamides is 1. The van der Waals surface area contributed by atoms with Gasteiger partial charge in [-0.05, 0) is 25.5 Å². The Morgan fingerprint density at radius 3 is 2.70 bits per heavy atom. The third-order valence-electron chi connectivity index (χ3n) is 3.11. The molecule has 1 aromatic carbocycles. The minimum atomic E-state index is -3.70. The van der Waals surface area contributed by atoms with Crippen molar-refractivity contribution >= 4 is 33.2 Å². The fourth-order valence-corrected chi connectivity index (χ4v) is 4.23. The number of methoxy groups -OCH3 is 1. The highest BCUT2D eigenvalue weighted by atomic mass is 35.5. The summed E-state index contributed by atoms with van der Waals surface area (Å²) < 4.78 is 32.3. The number of hydrogen-bond donors (Lipinski definition) is 2. The highest BCUT2D eigenvalue weighted by molar-refractivity contribution is 7.89. The van der Waals surface area contributed by atoms with Crippen LogP contribution in [0.15, 0.2) is 17.0 Å². The zero-order chi connectivity index (χ0) is 14.8. The molecule has 1 aromatic rings. The van der Waals surface area contributed by atoms with Crippen LogP contribution >= 0.6 is 23.2 Å². The standard InChI is InChI=1S/C12H16Cl2N2O3S/c1-19-11-5-10(14)12(6-9(11)13)20(17,18)16-8-3-2-4-15-7-8/h5-6,8,15-16H,2-4,7H2,1H3. The monoisotopic (exact) mass is 338 g/mol. The molecule has 1 aliphatic heterocycles. The molecule has 0 bridgehead atoms. The Labute approximate surface area is 128 Å². The Morgan fingerprint density at radius 1 is 1.35 bits per heavy atom. The zero-order valence-corrected chi connectivity index (χ0v) is 13.3. The predicted molar refractivity (Wildman–Crippen MR) is 79.2 cm³/mol. The molecule has 1 unspecified atom stereocenters. The van der Waals surface area contributed by atoms with Gasteiger partial charge < -0.3 is 10.1 Å². The SMILES string of the molecule is COc1cc(Cl)c(S(=O)(=O)NC2CCCNC2)cc1Cl. The smallest absolute Gasteiger partial charge is 0.242 e. The quantitative estimate of drug-likeness (QED) is 0.881. The second-order valence-corrected chi connectivity index (χ2v) is 7.08. The Hall–Kier alpha value is -0.530. The van der Waals surface area contributed by atoms with Gasteiger partial charge in [0.2, 0.25) is 10.0 Å². The molecule has 112 valence electrons. The molecule has 0 aliphatic carbocycles. The molecule has 20 heavy (non-hydrogen) atoms. The fourth-order valence-electron chi connectivity index (χ4n) is 2.11. The lowest BCUT2D eigenvalue weighted by Crippen LogP contribution is -2.45. The molecule has 0 radical (unpaired) electrons. The van der Waals surface area contributed by atoms with Gasteiger partial charge >= 0.3 is 0 Å². The van der Waals surface area contributed by atoms with E-state index in [1.54, 1.807) is 0 Å². The van der Waals surface area contributed by atoms with Crippen molar-refractivity contribution in [3.8, 4) is 5.75 Å². The molecule has 1 atom stereocenters. The molecule has 0 amide bonds. The van der Waals surface area contributed by atoms with Crippen molar-refractivity contribution in [1.29, 1.82) is 0 Å². The predicted octanol–water partition coefficient (Wildman–Crippen LogP) is 2.03. The first-order chi connectivity index (χ1) is 9.44. The first-order valence-corrected chi connectivity index (χ1v) is 8.44. The molecule has 0 saturated carbocycles. The Balaban J connectivity index is 2.26. The second-order valence-electron chi connectivity index (χ2n) is 4.58. The van der Waals surface area contributed by atoms with Gasteiger partial charge in [0.05, 0.1) is 17.2 Å². The maximum absolute atomic E-state index is 12.4. The van der Waals surface area contributed by atoms with Gasteiger partial charge in [0.15, 0.2) is 0 Å². The van der Waals surface area contributed by atoms with E-state index in [0.29, 0.717) is 12.3 Å². The largest absolute Gasteiger partial charge is 0.495 e. The molecular formula is C12H16Cl2N2O3S. The van der Waals surface area contributed by atoms with E-state index >= 15 is 0 Å². The maximum Gasteiger partial charge on any atom is 0.242 e. The molecule has 0 aromatic heterocycles. The third kappa shape index (κ3) is 3.56. The summed E-state index contributed by atoms with van der Waals surface area (Å²) in [6.07, 6.45) is 1.73. The summed E-state index contributed by atoms with van der Waals surface area (Å²) in [5.41, 5.74) is 0. The van der Waals surface area contributed by atoms with Crippen LogP contribution in [0.4, 0.5) is 0 Å². The van der Waals surface area contributed by atoms with Crippen molar-refractivity contribution < 1.29 is 13.2 Å². The van der Waals surface area contributed by atoms with Crippen molar-refractivity contribution in [2.45, 2.75) is 23.8 Å². The van der Waals surface area contributed by atoms with E-state index in [2.05, 4.69) is 10.0 Å². The molecule has 2 N–H and O–H groups in total. The number of piperidine rings is 1. The van der Waals surface area contributed by atoms with Crippen LogP contribution < -0.4 is 14.8 Å².